The number of benzene rings is 1. The van der Waals surface area contributed by atoms with Crippen LogP contribution in [0.2, 0.25) is 0 Å². The molecular formula is C21H29NO. The average Bonchev–Trinajstić information content (AvgIpc) is 2.51. The maximum Gasteiger partial charge on any atom is 0.220 e. The lowest BCUT2D eigenvalue weighted by Crippen LogP contribution is -2.48. The number of carbonyl (C=O) groups is 1. The van der Waals surface area contributed by atoms with E-state index in [4.69, 9.17) is 0 Å². The minimum Gasteiger partial charge on any atom is -0.356 e. The third kappa shape index (κ3) is 3.46. The van der Waals surface area contributed by atoms with E-state index in [9.17, 15) is 4.79 Å². The number of rotatable bonds is 6. The lowest BCUT2D eigenvalue weighted by Gasteiger charge is -2.56. The van der Waals surface area contributed by atoms with Gasteiger partial charge in [-0.15, -0.1) is 0 Å². The molecule has 124 valence electrons. The molecule has 1 amide bonds. The molecule has 0 atom stereocenters. The van der Waals surface area contributed by atoms with Gasteiger partial charge in [-0.2, -0.15) is 0 Å². The Balaban J connectivity index is 1.23. The Morgan fingerprint density at radius 1 is 1.00 bits per heavy atom. The first-order valence-electron chi connectivity index (χ1n) is 9.51. The zero-order valence-electron chi connectivity index (χ0n) is 14.1. The van der Waals surface area contributed by atoms with Crippen LogP contribution in [-0.4, -0.2) is 12.5 Å². The lowest BCUT2D eigenvalue weighted by atomic mass is 9.49. The van der Waals surface area contributed by atoms with Crippen molar-refractivity contribution >= 4 is 5.91 Å². The van der Waals surface area contributed by atoms with Gasteiger partial charge in [-0.3, -0.25) is 4.79 Å². The maximum atomic E-state index is 12.4. The molecule has 0 aromatic heterocycles. The molecule has 4 fully saturated rings. The minimum atomic E-state index is 0.306. The van der Waals surface area contributed by atoms with Gasteiger partial charge in [0.05, 0.1) is 0 Å². The van der Waals surface area contributed by atoms with Gasteiger partial charge < -0.3 is 5.32 Å². The Morgan fingerprint density at radius 3 is 2.22 bits per heavy atom. The van der Waals surface area contributed by atoms with Crippen LogP contribution in [0, 0.1) is 23.2 Å². The Morgan fingerprint density at radius 2 is 1.61 bits per heavy atom. The van der Waals surface area contributed by atoms with Crippen LogP contribution in [0.25, 0.3) is 0 Å². The Labute approximate surface area is 140 Å². The summed E-state index contributed by atoms with van der Waals surface area (Å²) in [4.78, 5) is 12.4. The highest BCUT2D eigenvalue weighted by Crippen LogP contribution is 2.61. The zero-order valence-corrected chi connectivity index (χ0v) is 14.1. The molecule has 2 heteroatoms. The van der Waals surface area contributed by atoms with Crippen LogP contribution in [0.4, 0.5) is 0 Å². The summed E-state index contributed by atoms with van der Waals surface area (Å²) in [7, 11) is 0. The van der Waals surface area contributed by atoms with E-state index in [0.29, 0.717) is 11.3 Å². The highest BCUT2D eigenvalue weighted by Gasteiger charge is 2.51. The summed E-state index contributed by atoms with van der Waals surface area (Å²) in [6, 6.07) is 10.5. The summed E-state index contributed by atoms with van der Waals surface area (Å²) < 4.78 is 0. The molecule has 23 heavy (non-hydrogen) atoms. The standard InChI is InChI=1S/C21H29NO/c23-20(22-8-4-7-16-5-2-1-3-6-16)15-21-12-17-9-18(13-21)11-19(10-17)14-21/h1-3,5-6,17-19H,4,7-15H2,(H,22,23). The highest BCUT2D eigenvalue weighted by atomic mass is 16.1. The molecule has 0 saturated heterocycles. The Kier molecular flexibility index (Phi) is 4.17. The van der Waals surface area contributed by atoms with Crippen LogP contribution in [0.15, 0.2) is 30.3 Å². The van der Waals surface area contributed by atoms with Gasteiger partial charge in [0, 0.05) is 13.0 Å². The van der Waals surface area contributed by atoms with E-state index in [2.05, 4.69) is 35.6 Å². The molecule has 1 N–H and O–H groups in total. The molecule has 0 radical (unpaired) electrons. The number of amides is 1. The quantitative estimate of drug-likeness (QED) is 0.778. The molecule has 0 unspecified atom stereocenters. The van der Waals surface area contributed by atoms with Gasteiger partial charge in [0.1, 0.15) is 0 Å². The van der Waals surface area contributed by atoms with Crippen molar-refractivity contribution in [2.24, 2.45) is 23.2 Å². The van der Waals surface area contributed by atoms with Crippen molar-refractivity contribution in [2.75, 3.05) is 6.54 Å². The number of hydrogen-bond donors (Lipinski definition) is 1. The summed E-state index contributed by atoms with van der Waals surface area (Å²) in [6.07, 6.45) is 11.2. The van der Waals surface area contributed by atoms with E-state index >= 15 is 0 Å². The molecule has 1 aromatic rings. The lowest BCUT2D eigenvalue weighted by molar-refractivity contribution is -0.129. The SMILES string of the molecule is O=C(CC12CC3CC(CC(C3)C1)C2)NCCCc1ccccc1. The van der Waals surface area contributed by atoms with Crippen molar-refractivity contribution in [3.05, 3.63) is 35.9 Å². The van der Waals surface area contributed by atoms with Crippen LogP contribution in [0.5, 0.6) is 0 Å². The maximum absolute atomic E-state index is 12.4. The molecule has 0 aliphatic heterocycles. The predicted molar refractivity (Wildman–Crippen MR) is 93.0 cm³/mol. The van der Waals surface area contributed by atoms with E-state index in [1.54, 1.807) is 0 Å². The third-order valence-corrected chi connectivity index (χ3v) is 6.51. The van der Waals surface area contributed by atoms with Crippen molar-refractivity contribution in [3.63, 3.8) is 0 Å². The number of nitrogens with one attached hydrogen (secondary N) is 1. The monoisotopic (exact) mass is 311 g/mol. The second kappa shape index (κ2) is 6.30. The van der Waals surface area contributed by atoms with Crippen molar-refractivity contribution in [3.8, 4) is 0 Å². The van der Waals surface area contributed by atoms with E-state index in [1.807, 2.05) is 0 Å². The van der Waals surface area contributed by atoms with Crippen LogP contribution in [0.3, 0.4) is 0 Å². The molecule has 4 aliphatic rings. The van der Waals surface area contributed by atoms with Crippen LogP contribution in [-0.2, 0) is 11.2 Å². The normalized spacial score (nSPS) is 34.5. The molecule has 0 heterocycles. The van der Waals surface area contributed by atoms with E-state index in [0.717, 1.165) is 43.6 Å². The highest BCUT2D eigenvalue weighted by molar-refractivity contribution is 5.76. The van der Waals surface area contributed by atoms with Gasteiger partial charge in [-0.1, -0.05) is 30.3 Å². The molecule has 4 bridgehead atoms. The fourth-order valence-electron chi connectivity index (χ4n) is 6.07. The van der Waals surface area contributed by atoms with Crippen molar-refractivity contribution in [2.45, 2.75) is 57.8 Å². The largest absolute Gasteiger partial charge is 0.356 e. The van der Waals surface area contributed by atoms with Crippen LogP contribution < -0.4 is 5.32 Å². The van der Waals surface area contributed by atoms with Crippen molar-refractivity contribution < 1.29 is 4.79 Å². The van der Waals surface area contributed by atoms with Crippen LogP contribution in [0.1, 0.15) is 56.9 Å². The number of hydrogen-bond acceptors (Lipinski definition) is 1. The van der Waals surface area contributed by atoms with Gasteiger partial charge >= 0.3 is 0 Å². The first kappa shape index (κ1) is 15.2. The second-order valence-electron chi connectivity index (χ2n) is 8.53. The van der Waals surface area contributed by atoms with E-state index in [-0.39, 0.29) is 0 Å². The molecule has 4 saturated carbocycles. The molecule has 2 nitrogen and oxygen atoms in total. The molecule has 4 aliphatic carbocycles. The van der Waals surface area contributed by atoms with Gasteiger partial charge in [0.25, 0.3) is 0 Å². The van der Waals surface area contributed by atoms with Gasteiger partial charge in [-0.25, -0.2) is 0 Å². The summed E-state index contributed by atoms with van der Waals surface area (Å²) in [5.74, 6) is 3.12. The topological polar surface area (TPSA) is 29.1 Å². The van der Waals surface area contributed by atoms with E-state index in [1.165, 1.54) is 44.1 Å². The summed E-state index contributed by atoms with van der Waals surface area (Å²) in [5, 5.41) is 3.19. The second-order valence-corrected chi connectivity index (χ2v) is 8.53. The zero-order chi connectivity index (χ0) is 15.7. The van der Waals surface area contributed by atoms with Crippen molar-refractivity contribution in [1.29, 1.82) is 0 Å². The Hall–Kier alpha value is -1.31. The molecule has 0 spiro atoms. The van der Waals surface area contributed by atoms with Gasteiger partial charge in [0.15, 0.2) is 0 Å². The van der Waals surface area contributed by atoms with Gasteiger partial charge in [-0.05, 0) is 80.1 Å². The Bertz CT molecular complexity index is 515. The fourth-order valence-corrected chi connectivity index (χ4v) is 6.07. The molecule has 5 rings (SSSR count). The number of aryl methyl sites for hydroxylation is 1. The van der Waals surface area contributed by atoms with Crippen LogP contribution >= 0.6 is 0 Å². The number of carbonyl (C=O) groups excluding carboxylic acids is 1. The third-order valence-electron chi connectivity index (χ3n) is 6.51. The summed E-state index contributed by atoms with van der Waals surface area (Å²) >= 11 is 0. The minimum absolute atomic E-state index is 0.306. The first-order chi connectivity index (χ1) is 11.2. The van der Waals surface area contributed by atoms with E-state index < -0.39 is 0 Å². The van der Waals surface area contributed by atoms with Crippen molar-refractivity contribution in [1.82, 2.24) is 5.32 Å². The first-order valence-corrected chi connectivity index (χ1v) is 9.51. The molecule has 1 aromatic carbocycles. The fraction of sp³-hybridized carbons (Fsp3) is 0.667. The summed E-state index contributed by atoms with van der Waals surface area (Å²) in [6.45, 7) is 0.820. The smallest absolute Gasteiger partial charge is 0.220 e. The predicted octanol–water partition coefficient (Wildman–Crippen LogP) is 4.34. The molecular weight excluding hydrogens is 282 g/mol. The van der Waals surface area contributed by atoms with Gasteiger partial charge in [0.2, 0.25) is 5.91 Å². The average molecular weight is 311 g/mol. The summed E-state index contributed by atoms with van der Waals surface area (Å²) in [5.41, 5.74) is 1.74.